The molecule has 59 heavy (non-hydrogen) atoms. The quantitative estimate of drug-likeness (QED) is 0.0555. The molecule has 2 fully saturated rings. The standard InChI is InChI=1S/C45H59N7O6S/c1-27-24-36(57-7)29(3)28(2)32(27)26-48-42(46)47-23-13-17-34(38(53)40-50-33-16-11-12-18-37(33)59-40)49-39(54)35-20-19-31-21-22-45(41(55)52(31)35,25-30-14-9-8-10-15-30)51-43(56)58-44(4,5)6/h8-12,14-16,18,24,31,34-35,38,53H,13,17,19-23,25-26H2,1-7H3,(H,49,54)(H,51,56)(H3,46,47,48). The SMILES string of the molecule is COc1cc(C)c(CN=C(N)NCCCC(NC(=O)C2CCC3CCC(Cc4ccccc4)(NC(=O)OC(C)(C)C)C(=O)N32)C(O)c2nc3ccccc3s2)c(C)c1C. The van der Waals surface area contributed by atoms with E-state index in [4.69, 9.17) is 20.2 Å². The molecule has 3 amide bonds. The molecule has 0 aliphatic carbocycles. The molecule has 0 radical (unpaired) electrons. The lowest BCUT2D eigenvalue weighted by molar-refractivity contribution is -0.150. The molecule has 14 heteroatoms. The van der Waals surface area contributed by atoms with Crippen molar-refractivity contribution in [3.8, 4) is 5.75 Å². The smallest absolute Gasteiger partial charge is 0.408 e. The summed E-state index contributed by atoms with van der Waals surface area (Å²) in [7, 11) is 1.67. The number of guanidine groups is 1. The maximum Gasteiger partial charge on any atom is 0.408 e. The van der Waals surface area contributed by atoms with Crippen LogP contribution in [0.5, 0.6) is 5.75 Å². The maximum absolute atomic E-state index is 14.8. The molecule has 4 aromatic rings. The van der Waals surface area contributed by atoms with Gasteiger partial charge in [0.15, 0.2) is 5.96 Å². The van der Waals surface area contributed by atoms with Gasteiger partial charge in [0.1, 0.15) is 34.0 Å². The molecule has 6 N–H and O–H groups in total. The fourth-order valence-corrected chi connectivity index (χ4v) is 9.37. The summed E-state index contributed by atoms with van der Waals surface area (Å²) < 4.78 is 12.1. The molecule has 316 valence electrons. The monoisotopic (exact) mass is 825 g/mol. The van der Waals surface area contributed by atoms with Crippen LogP contribution >= 0.6 is 11.3 Å². The molecular weight excluding hydrogens is 767 g/mol. The number of ether oxygens (including phenoxy) is 2. The van der Waals surface area contributed by atoms with Crippen molar-refractivity contribution in [1.29, 1.82) is 0 Å². The Kier molecular flexibility index (Phi) is 13.5. The molecule has 3 heterocycles. The number of piperidine rings is 1. The second kappa shape index (κ2) is 18.4. The van der Waals surface area contributed by atoms with E-state index < -0.39 is 35.4 Å². The number of aliphatic hydroxyl groups is 1. The Morgan fingerprint density at radius 1 is 1.07 bits per heavy atom. The average molecular weight is 826 g/mol. The summed E-state index contributed by atoms with van der Waals surface area (Å²) >= 11 is 1.38. The van der Waals surface area contributed by atoms with E-state index in [1.165, 1.54) is 11.3 Å². The number of rotatable bonds is 14. The predicted octanol–water partition coefficient (Wildman–Crippen LogP) is 6.29. The van der Waals surface area contributed by atoms with Crippen molar-refractivity contribution in [2.24, 2.45) is 10.7 Å². The van der Waals surface area contributed by atoms with Crippen molar-refractivity contribution in [2.75, 3.05) is 13.7 Å². The van der Waals surface area contributed by atoms with Crippen molar-refractivity contribution in [3.05, 3.63) is 93.5 Å². The molecule has 0 spiro atoms. The van der Waals surface area contributed by atoms with Gasteiger partial charge in [0, 0.05) is 19.0 Å². The topological polar surface area (TPSA) is 180 Å². The minimum absolute atomic E-state index is 0.156. The number of methoxy groups -OCH3 is 1. The van der Waals surface area contributed by atoms with E-state index in [9.17, 15) is 19.5 Å². The zero-order chi connectivity index (χ0) is 42.5. The minimum atomic E-state index is -1.31. The molecule has 2 aliphatic rings. The zero-order valence-corrected chi connectivity index (χ0v) is 36.1. The highest BCUT2D eigenvalue weighted by Gasteiger charge is 2.54. The van der Waals surface area contributed by atoms with Crippen molar-refractivity contribution in [2.45, 2.75) is 128 Å². The van der Waals surface area contributed by atoms with Gasteiger partial charge in [0.05, 0.1) is 29.9 Å². The van der Waals surface area contributed by atoms with Gasteiger partial charge >= 0.3 is 6.09 Å². The highest BCUT2D eigenvalue weighted by molar-refractivity contribution is 7.18. The van der Waals surface area contributed by atoms with Crippen LogP contribution in [0, 0.1) is 20.8 Å². The van der Waals surface area contributed by atoms with Gasteiger partial charge in [-0.25, -0.2) is 14.8 Å². The van der Waals surface area contributed by atoms with Crippen LogP contribution in [0.15, 0.2) is 65.7 Å². The van der Waals surface area contributed by atoms with Gasteiger partial charge in [0.25, 0.3) is 0 Å². The van der Waals surface area contributed by atoms with Gasteiger partial charge in [0.2, 0.25) is 11.8 Å². The van der Waals surface area contributed by atoms with E-state index in [0.29, 0.717) is 62.6 Å². The van der Waals surface area contributed by atoms with Gasteiger partial charge in [-0.3, -0.25) is 9.59 Å². The van der Waals surface area contributed by atoms with E-state index >= 15 is 0 Å². The highest BCUT2D eigenvalue weighted by Crippen LogP contribution is 2.39. The minimum Gasteiger partial charge on any atom is -0.496 e. The van der Waals surface area contributed by atoms with E-state index in [-0.39, 0.29) is 24.3 Å². The van der Waals surface area contributed by atoms with E-state index in [1.54, 1.807) is 32.8 Å². The lowest BCUT2D eigenvalue weighted by Gasteiger charge is -2.45. The number of nitrogens with zero attached hydrogens (tertiary/aromatic N) is 3. The summed E-state index contributed by atoms with van der Waals surface area (Å²) in [5.74, 6) is 0.478. The first-order chi connectivity index (χ1) is 28.1. The number of para-hydroxylation sites is 1. The molecule has 5 atom stereocenters. The number of aryl methyl sites for hydroxylation is 1. The van der Waals surface area contributed by atoms with Crippen LogP contribution in [0.4, 0.5) is 4.79 Å². The first kappa shape index (κ1) is 43.4. The van der Waals surface area contributed by atoms with Gasteiger partial charge < -0.3 is 41.2 Å². The number of benzene rings is 3. The Morgan fingerprint density at radius 3 is 2.51 bits per heavy atom. The molecule has 6 rings (SSSR count). The first-order valence-corrected chi connectivity index (χ1v) is 21.3. The van der Waals surface area contributed by atoms with Crippen LogP contribution in [0.2, 0.25) is 0 Å². The van der Waals surface area contributed by atoms with Gasteiger partial charge in [-0.05, 0) is 126 Å². The number of hydrogen-bond acceptors (Lipinski definition) is 9. The summed E-state index contributed by atoms with van der Waals surface area (Å²) in [6.45, 7) is 12.3. The summed E-state index contributed by atoms with van der Waals surface area (Å²) in [6.07, 6.45) is 1.53. The number of aromatic nitrogens is 1. The number of aliphatic imine (C=N–C) groups is 1. The van der Waals surface area contributed by atoms with Crippen LogP contribution in [-0.2, 0) is 27.3 Å². The number of nitrogens with two attached hydrogens (primary N) is 1. The second-order valence-corrected chi connectivity index (χ2v) is 17.9. The Labute approximate surface area is 351 Å². The van der Waals surface area contributed by atoms with E-state index in [1.807, 2.05) is 74.5 Å². The van der Waals surface area contributed by atoms with Crippen LogP contribution in [0.3, 0.4) is 0 Å². The number of fused-ring (bicyclic) bond motifs is 2. The van der Waals surface area contributed by atoms with Crippen molar-refractivity contribution >= 4 is 45.4 Å². The lowest BCUT2D eigenvalue weighted by Crippen LogP contribution is -2.67. The normalized spacial score (nSPS) is 20.5. The van der Waals surface area contributed by atoms with Crippen LogP contribution in [0.25, 0.3) is 10.2 Å². The van der Waals surface area contributed by atoms with Gasteiger partial charge in [-0.1, -0.05) is 42.5 Å². The molecular formula is C45H59N7O6S. The molecule has 3 aromatic carbocycles. The van der Waals surface area contributed by atoms with Gasteiger partial charge in [-0.2, -0.15) is 0 Å². The third-order valence-corrected chi connectivity index (χ3v) is 12.7. The molecule has 0 bridgehead atoms. The number of carbonyl (C=O) groups excluding carboxylic acids is 3. The van der Waals surface area contributed by atoms with Crippen molar-refractivity contribution in [3.63, 3.8) is 0 Å². The third-order valence-electron chi connectivity index (χ3n) is 11.5. The Morgan fingerprint density at radius 2 is 1.80 bits per heavy atom. The Balaban J connectivity index is 1.18. The number of thiazole rings is 1. The molecule has 0 saturated carbocycles. The number of carbonyl (C=O) groups is 3. The summed E-state index contributed by atoms with van der Waals surface area (Å²) in [5, 5.41) is 21.6. The lowest BCUT2D eigenvalue weighted by atomic mass is 9.80. The van der Waals surface area contributed by atoms with Crippen LogP contribution in [0.1, 0.15) is 98.2 Å². The number of alkyl carbamates (subject to hydrolysis) is 1. The van der Waals surface area contributed by atoms with Crippen molar-refractivity contribution < 1.29 is 29.0 Å². The average Bonchev–Trinajstić information content (AvgIpc) is 3.83. The van der Waals surface area contributed by atoms with Gasteiger partial charge in [-0.15, -0.1) is 11.3 Å². The number of aliphatic hydroxyl groups excluding tert-OH is 1. The molecule has 5 unspecified atom stereocenters. The van der Waals surface area contributed by atoms with Crippen molar-refractivity contribution in [1.82, 2.24) is 25.8 Å². The number of amides is 3. The fraction of sp³-hybridized carbons (Fsp3) is 0.489. The molecule has 1 aromatic heterocycles. The summed E-state index contributed by atoms with van der Waals surface area (Å²) in [5.41, 5.74) is 10.2. The zero-order valence-electron chi connectivity index (χ0n) is 35.3. The van der Waals surface area contributed by atoms with E-state index in [0.717, 1.165) is 43.8 Å². The number of nitrogens with one attached hydrogen (secondary N) is 3. The molecule has 13 nitrogen and oxygen atoms in total. The summed E-state index contributed by atoms with van der Waals surface area (Å²) in [6, 6.07) is 17.6. The van der Waals surface area contributed by atoms with Crippen LogP contribution < -0.4 is 26.4 Å². The Hall–Kier alpha value is -5.21. The van der Waals surface area contributed by atoms with E-state index in [2.05, 4.69) is 27.9 Å². The largest absolute Gasteiger partial charge is 0.496 e. The Bertz CT molecular complexity index is 2140. The third kappa shape index (κ3) is 10.2. The fourth-order valence-electron chi connectivity index (χ4n) is 8.35. The predicted molar refractivity (Wildman–Crippen MR) is 231 cm³/mol. The first-order valence-electron chi connectivity index (χ1n) is 20.5. The summed E-state index contributed by atoms with van der Waals surface area (Å²) in [4.78, 5) is 53.5. The van der Waals surface area contributed by atoms with Crippen LogP contribution in [-0.4, -0.2) is 81.8 Å². The second-order valence-electron chi connectivity index (χ2n) is 16.8. The molecule has 2 aliphatic heterocycles. The highest BCUT2D eigenvalue weighted by atomic mass is 32.1. The number of hydrogen-bond donors (Lipinski definition) is 5. The molecule has 2 saturated heterocycles. The maximum atomic E-state index is 14.8.